The van der Waals surface area contributed by atoms with Crippen LogP contribution in [0.15, 0.2) is 6.20 Å². The molecule has 1 saturated carbocycles. The van der Waals surface area contributed by atoms with Gasteiger partial charge in [0, 0.05) is 43.9 Å². The van der Waals surface area contributed by atoms with Crippen LogP contribution >= 0.6 is 11.3 Å². The molecule has 1 aliphatic rings. The molecule has 0 aromatic carbocycles. The number of ether oxygens (including phenoxy) is 1. The van der Waals surface area contributed by atoms with Crippen molar-refractivity contribution in [3.8, 4) is 0 Å². The first-order valence-electron chi connectivity index (χ1n) is 7.61. The number of rotatable bonds is 10. The van der Waals surface area contributed by atoms with Gasteiger partial charge in [0.15, 0.2) is 5.13 Å². The van der Waals surface area contributed by atoms with Crippen molar-refractivity contribution in [2.45, 2.75) is 45.7 Å². The highest BCUT2D eigenvalue weighted by Crippen LogP contribution is 2.34. The second-order valence-corrected chi connectivity index (χ2v) is 6.98. The zero-order valence-electron chi connectivity index (χ0n) is 12.9. The van der Waals surface area contributed by atoms with E-state index < -0.39 is 0 Å². The SMILES string of the molecule is COCCNCc1cnc(N(CCC(C)C)C2CC2)s1. The Morgan fingerprint density at radius 3 is 2.95 bits per heavy atom. The Morgan fingerprint density at radius 1 is 1.50 bits per heavy atom. The zero-order valence-corrected chi connectivity index (χ0v) is 13.7. The van der Waals surface area contributed by atoms with Gasteiger partial charge in [0.05, 0.1) is 6.61 Å². The highest BCUT2D eigenvalue weighted by Gasteiger charge is 2.30. The van der Waals surface area contributed by atoms with E-state index in [0.717, 1.165) is 38.2 Å². The summed E-state index contributed by atoms with van der Waals surface area (Å²) in [6.07, 6.45) is 5.93. The van der Waals surface area contributed by atoms with Crippen molar-refractivity contribution < 1.29 is 4.74 Å². The Balaban J connectivity index is 1.84. The van der Waals surface area contributed by atoms with Crippen LogP contribution in [0.1, 0.15) is 38.0 Å². The second kappa shape index (κ2) is 7.96. The summed E-state index contributed by atoms with van der Waals surface area (Å²) in [5.41, 5.74) is 0. The molecule has 0 aliphatic heterocycles. The fourth-order valence-electron chi connectivity index (χ4n) is 2.12. The molecule has 0 saturated heterocycles. The Hall–Kier alpha value is -0.650. The second-order valence-electron chi connectivity index (χ2n) is 5.89. The maximum Gasteiger partial charge on any atom is 0.185 e. The van der Waals surface area contributed by atoms with Crippen molar-refractivity contribution in [3.63, 3.8) is 0 Å². The van der Waals surface area contributed by atoms with Gasteiger partial charge in [0.25, 0.3) is 0 Å². The van der Waals surface area contributed by atoms with Crippen LogP contribution in [0.3, 0.4) is 0 Å². The molecule has 1 heterocycles. The molecule has 5 heteroatoms. The molecule has 1 N–H and O–H groups in total. The summed E-state index contributed by atoms with van der Waals surface area (Å²) >= 11 is 1.83. The molecule has 1 aromatic heterocycles. The molecule has 1 aliphatic carbocycles. The number of methoxy groups -OCH3 is 1. The predicted octanol–water partition coefficient (Wildman–Crippen LogP) is 2.89. The number of hydrogen-bond donors (Lipinski definition) is 1. The summed E-state index contributed by atoms with van der Waals surface area (Å²) in [6, 6.07) is 0.745. The van der Waals surface area contributed by atoms with Gasteiger partial charge in [0.2, 0.25) is 0 Å². The van der Waals surface area contributed by atoms with Gasteiger partial charge < -0.3 is 15.0 Å². The number of nitrogens with one attached hydrogen (secondary N) is 1. The Labute approximate surface area is 126 Å². The van der Waals surface area contributed by atoms with Crippen molar-refractivity contribution in [2.75, 3.05) is 31.7 Å². The van der Waals surface area contributed by atoms with Crippen LogP contribution in [-0.4, -0.2) is 37.8 Å². The number of thiazole rings is 1. The van der Waals surface area contributed by atoms with E-state index in [4.69, 9.17) is 4.74 Å². The van der Waals surface area contributed by atoms with Crippen molar-refractivity contribution in [3.05, 3.63) is 11.1 Å². The minimum absolute atomic E-state index is 0.745. The fourth-order valence-corrected chi connectivity index (χ4v) is 3.09. The quantitative estimate of drug-likeness (QED) is 0.674. The topological polar surface area (TPSA) is 37.4 Å². The van der Waals surface area contributed by atoms with Gasteiger partial charge in [-0.3, -0.25) is 0 Å². The van der Waals surface area contributed by atoms with Crippen molar-refractivity contribution in [1.29, 1.82) is 0 Å². The maximum absolute atomic E-state index is 5.03. The summed E-state index contributed by atoms with van der Waals surface area (Å²) in [7, 11) is 1.73. The molecule has 1 fully saturated rings. The molecule has 0 bridgehead atoms. The average molecular weight is 297 g/mol. The van der Waals surface area contributed by atoms with Gasteiger partial charge in [-0.25, -0.2) is 4.98 Å². The van der Waals surface area contributed by atoms with Crippen LogP contribution in [-0.2, 0) is 11.3 Å². The molecule has 0 unspecified atom stereocenters. The minimum Gasteiger partial charge on any atom is -0.383 e. The van der Waals surface area contributed by atoms with Gasteiger partial charge in [-0.05, 0) is 25.2 Å². The van der Waals surface area contributed by atoms with E-state index in [1.165, 1.54) is 29.3 Å². The third-order valence-corrected chi connectivity index (χ3v) is 4.54. The molecule has 114 valence electrons. The summed E-state index contributed by atoms with van der Waals surface area (Å²) in [5.74, 6) is 0.756. The van der Waals surface area contributed by atoms with Gasteiger partial charge in [-0.1, -0.05) is 13.8 Å². The molecule has 0 spiro atoms. The van der Waals surface area contributed by atoms with E-state index in [1.807, 2.05) is 17.5 Å². The molecule has 0 amide bonds. The fraction of sp³-hybridized carbons (Fsp3) is 0.800. The van der Waals surface area contributed by atoms with E-state index in [2.05, 4.69) is 29.0 Å². The van der Waals surface area contributed by atoms with Crippen LogP contribution in [0.2, 0.25) is 0 Å². The van der Waals surface area contributed by atoms with Crippen LogP contribution in [0.5, 0.6) is 0 Å². The molecule has 4 nitrogen and oxygen atoms in total. The number of hydrogen-bond acceptors (Lipinski definition) is 5. The van der Waals surface area contributed by atoms with E-state index in [0.29, 0.717) is 0 Å². The largest absolute Gasteiger partial charge is 0.383 e. The van der Waals surface area contributed by atoms with Crippen LogP contribution in [0.4, 0.5) is 5.13 Å². The standard InChI is InChI=1S/C15H27N3OS/c1-12(2)6-8-18(13-4-5-13)15-17-11-14(20-15)10-16-7-9-19-3/h11-13,16H,4-10H2,1-3H3. The van der Waals surface area contributed by atoms with Crippen molar-refractivity contribution in [2.24, 2.45) is 5.92 Å². The van der Waals surface area contributed by atoms with Crippen LogP contribution in [0, 0.1) is 5.92 Å². The molecule has 1 aromatic rings. The van der Waals surface area contributed by atoms with Gasteiger partial charge in [0.1, 0.15) is 0 Å². The first-order valence-corrected chi connectivity index (χ1v) is 8.43. The summed E-state index contributed by atoms with van der Waals surface area (Å²) in [6.45, 7) is 8.27. The molecule has 0 radical (unpaired) electrons. The molecular formula is C15H27N3OS. The highest BCUT2D eigenvalue weighted by molar-refractivity contribution is 7.15. The van der Waals surface area contributed by atoms with Crippen LogP contribution < -0.4 is 10.2 Å². The first kappa shape index (κ1) is 15.7. The van der Waals surface area contributed by atoms with Crippen LogP contribution in [0.25, 0.3) is 0 Å². The zero-order chi connectivity index (χ0) is 14.4. The summed E-state index contributed by atoms with van der Waals surface area (Å²) < 4.78 is 5.03. The third-order valence-electron chi connectivity index (χ3n) is 3.50. The average Bonchev–Trinajstić information content (AvgIpc) is 3.14. The normalized spacial score (nSPS) is 15.0. The highest BCUT2D eigenvalue weighted by atomic mass is 32.1. The van der Waals surface area contributed by atoms with E-state index in [-0.39, 0.29) is 0 Å². The van der Waals surface area contributed by atoms with E-state index in [1.54, 1.807) is 7.11 Å². The maximum atomic E-state index is 5.03. The Morgan fingerprint density at radius 2 is 2.30 bits per heavy atom. The molecule has 0 atom stereocenters. The van der Waals surface area contributed by atoms with Gasteiger partial charge in [-0.2, -0.15) is 0 Å². The van der Waals surface area contributed by atoms with E-state index in [9.17, 15) is 0 Å². The third kappa shape index (κ3) is 5.04. The Bertz CT molecular complexity index is 390. The lowest BCUT2D eigenvalue weighted by molar-refractivity contribution is 0.199. The van der Waals surface area contributed by atoms with E-state index >= 15 is 0 Å². The van der Waals surface area contributed by atoms with Crippen molar-refractivity contribution in [1.82, 2.24) is 10.3 Å². The molecule has 2 rings (SSSR count). The lowest BCUT2D eigenvalue weighted by atomic mass is 10.1. The minimum atomic E-state index is 0.745. The first-order chi connectivity index (χ1) is 9.70. The van der Waals surface area contributed by atoms with Crippen molar-refractivity contribution >= 4 is 16.5 Å². The van der Waals surface area contributed by atoms with Gasteiger partial charge in [-0.15, -0.1) is 11.3 Å². The monoisotopic (exact) mass is 297 g/mol. The lowest BCUT2D eigenvalue weighted by Gasteiger charge is -2.22. The summed E-state index contributed by atoms with van der Waals surface area (Å²) in [5, 5.41) is 4.58. The summed E-state index contributed by atoms with van der Waals surface area (Å²) in [4.78, 5) is 8.46. The van der Waals surface area contributed by atoms with Gasteiger partial charge >= 0.3 is 0 Å². The molecule has 20 heavy (non-hydrogen) atoms. The number of nitrogens with zero attached hydrogens (tertiary/aromatic N) is 2. The Kier molecular flexibility index (Phi) is 6.26. The number of anilines is 1. The smallest absolute Gasteiger partial charge is 0.185 e. The number of aromatic nitrogens is 1. The molecular weight excluding hydrogens is 270 g/mol. The lowest BCUT2D eigenvalue weighted by Crippen LogP contribution is -2.27. The predicted molar refractivity (Wildman–Crippen MR) is 85.5 cm³/mol.